The van der Waals surface area contributed by atoms with Gasteiger partial charge in [-0.3, -0.25) is 9.59 Å². The van der Waals surface area contributed by atoms with Crippen LogP contribution in [0.4, 0.5) is 0 Å². The van der Waals surface area contributed by atoms with Crippen LogP contribution in [0.2, 0.25) is 0 Å². The van der Waals surface area contributed by atoms with E-state index in [9.17, 15) is 9.59 Å². The van der Waals surface area contributed by atoms with Crippen LogP contribution in [-0.2, 0) is 11.2 Å². The third-order valence-corrected chi connectivity index (χ3v) is 4.16. The molecule has 1 amide bonds. The predicted octanol–water partition coefficient (Wildman–Crippen LogP) is 2.72. The Morgan fingerprint density at radius 2 is 1.96 bits per heavy atom. The van der Waals surface area contributed by atoms with Crippen molar-refractivity contribution in [2.24, 2.45) is 5.92 Å². The lowest BCUT2D eigenvalue weighted by Gasteiger charge is -2.23. The zero-order valence-corrected chi connectivity index (χ0v) is 14.2. The second-order valence-corrected chi connectivity index (χ2v) is 6.83. The highest BCUT2D eigenvalue weighted by Crippen LogP contribution is 2.12. The molecule has 2 rings (SSSR count). The minimum atomic E-state index is -0.0246. The van der Waals surface area contributed by atoms with Crippen LogP contribution in [0.5, 0.6) is 0 Å². The molecule has 0 bridgehead atoms. The predicted molar refractivity (Wildman–Crippen MR) is 92.6 cm³/mol. The van der Waals surface area contributed by atoms with Gasteiger partial charge in [-0.25, -0.2) is 0 Å². The number of amides is 1. The van der Waals surface area contributed by atoms with E-state index in [0.717, 1.165) is 32.4 Å². The number of ketones is 1. The summed E-state index contributed by atoms with van der Waals surface area (Å²) in [4.78, 5) is 24.1. The molecule has 23 heavy (non-hydrogen) atoms. The molecule has 1 fully saturated rings. The van der Waals surface area contributed by atoms with Gasteiger partial charge in [0.1, 0.15) is 0 Å². The minimum absolute atomic E-state index is 0.0246. The summed E-state index contributed by atoms with van der Waals surface area (Å²) in [6.45, 7) is 6.22. The molecule has 1 atom stereocenters. The fourth-order valence-corrected chi connectivity index (χ4v) is 2.94. The van der Waals surface area contributed by atoms with Crippen molar-refractivity contribution in [2.45, 2.75) is 52.0 Å². The monoisotopic (exact) mass is 316 g/mol. The molecule has 2 N–H and O–H groups in total. The first-order valence-corrected chi connectivity index (χ1v) is 8.67. The summed E-state index contributed by atoms with van der Waals surface area (Å²) < 4.78 is 0. The first-order chi connectivity index (χ1) is 11.0. The smallest absolute Gasteiger partial charge is 0.220 e. The second-order valence-electron chi connectivity index (χ2n) is 6.83. The number of carbonyl (C=O) groups is 2. The summed E-state index contributed by atoms with van der Waals surface area (Å²) in [5, 5.41) is 6.27. The van der Waals surface area contributed by atoms with E-state index < -0.39 is 0 Å². The SMILES string of the molecule is CC(C)Cc1ccc(C(=O)CCC(=O)NC2CCCNC2)cc1. The molecular weight excluding hydrogens is 288 g/mol. The summed E-state index contributed by atoms with van der Waals surface area (Å²) in [5.74, 6) is 0.621. The maximum absolute atomic E-state index is 12.2. The highest BCUT2D eigenvalue weighted by Gasteiger charge is 2.16. The van der Waals surface area contributed by atoms with Gasteiger partial charge in [0.05, 0.1) is 0 Å². The van der Waals surface area contributed by atoms with Gasteiger partial charge in [0.2, 0.25) is 5.91 Å². The van der Waals surface area contributed by atoms with Crippen LogP contribution in [0, 0.1) is 5.92 Å². The highest BCUT2D eigenvalue weighted by molar-refractivity contribution is 5.98. The molecule has 0 spiro atoms. The van der Waals surface area contributed by atoms with E-state index in [-0.39, 0.29) is 30.6 Å². The largest absolute Gasteiger partial charge is 0.352 e. The van der Waals surface area contributed by atoms with E-state index in [1.54, 1.807) is 0 Å². The zero-order chi connectivity index (χ0) is 16.7. The Bertz CT molecular complexity index is 517. The van der Waals surface area contributed by atoms with Crippen LogP contribution >= 0.6 is 0 Å². The van der Waals surface area contributed by atoms with Gasteiger partial charge in [-0.1, -0.05) is 38.1 Å². The van der Waals surface area contributed by atoms with Gasteiger partial charge in [0.15, 0.2) is 5.78 Å². The Balaban J connectivity index is 1.76. The van der Waals surface area contributed by atoms with Gasteiger partial charge in [-0.2, -0.15) is 0 Å². The van der Waals surface area contributed by atoms with Crippen molar-refractivity contribution in [2.75, 3.05) is 13.1 Å². The number of hydrogen-bond donors (Lipinski definition) is 2. The maximum atomic E-state index is 12.2. The van der Waals surface area contributed by atoms with Gasteiger partial charge in [0, 0.05) is 31.0 Å². The van der Waals surface area contributed by atoms with Gasteiger partial charge in [-0.05, 0) is 37.3 Å². The van der Waals surface area contributed by atoms with Gasteiger partial charge in [-0.15, -0.1) is 0 Å². The van der Waals surface area contributed by atoms with Crippen molar-refractivity contribution in [3.8, 4) is 0 Å². The normalized spacial score (nSPS) is 18.0. The standard InChI is InChI=1S/C19H28N2O2/c1-14(2)12-15-5-7-16(8-6-15)18(22)9-10-19(23)21-17-4-3-11-20-13-17/h5-8,14,17,20H,3-4,9-13H2,1-2H3,(H,21,23). The average Bonchev–Trinajstić information content (AvgIpc) is 2.54. The molecule has 0 aromatic heterocycles. The van der Waals surface area contributed by atoms with E-state index in [1.807, 2.05) is 24.3 Å². The van der Waals surface area contributed by atoms with Gasteiger partial charge < -0.3 is 10.6 Å². The minimum Gasteiger partial charge on any atom is -0.352 e. The van der Waals surface area contributed by atoms with E-state index in [4.69, 9.17) is 0 Å². The van der Waals surface area contributed by atoms with Gasteiger partial charge in [0.25, 0.3) is 0 Å². The third-order valence-electron chi connectivity index (χ3n) is 4.16. The van der Waals surface area contributed by atoms with E-state index in [2.05, 4.69) is 24.5 Å². The Morgan fingerprint density at radius 3 is 2.57 bits per heavy atom. The summed E-state index contributed by atoms with van der Waals surface area (Å²) in [6.07, 6.45) is 3.67. The lowest BCUT2D eigenvalue weighted by Crippen LogP contribution is -2.45. The molecule has 1 aliphatic rings. The number of rotatable bonds is 7. The van der Waals surface area contributed by atoms with Crippen LogP contribution in [-0.4, -0.2) is 30.8 Å². The molecular formula is C19H28N2O2. The molecule has 1 aliphatic heterocycles. The molecule has 1 saturated heterocycles. The lowest BCUT2D eigenvalue weighted by atomic mass is 9.99. The molecule has 0 aliphatic carbocycles. The topological polar surface area (TPSA) is 58.2 Å². The van der Waals surface area contributed by atoms with E-state index in [1.165, 1.54) is 5.56 Å². The molecule has 0 saturated carbocycles. The van der Waals surface area contributed by atoms with Crippen molar-refractivity contribution < 1.29 is 9.59 Å². The van der Waals surface area contributed by atoms with Gasteiger partial charge >= 0.3 is 0 Å². The molecule has 1 unspecified atom stereocenters. The summed E-state index contributed by atoms with van der Waals surface area (Å²) in [6, 6.07) is 8.00. The summed E-state index contributed by atoms with van der Waals surface area (Å²) in [5.41, 5.74) is 1.95. The molecule has 4 nitrogen and oxygen atoms in total. The van der Waals surface area contributed by atoms with Crippen LogP contribution in [0.15, 0.2) is 24.3 Å². The second kappa shape index (κ2) is 8.82. The number of piperidine rings is 1. The quantitative estimate of drug-likeness (QED) is 0.761. The number of carbonyl (C=O) groups excluding carboxylic acids is 2. The van der Waals surface area contributed by atoms with E-state index >= 15 is 0 Å². The van der Waals surface area contributed by atoms with Crippen molar-refractivity contribution in [1.29, 1.82) is 0 Å². The molecule has 126 valence electrons. The first-order valence-electron chi connectivity index (χ1n) is 8.67. The molecule has 1 heterocycles. The van der Waals surface area contributed by atoms with Crippen molar-refractivity contribution in [1.82, 2.24) is 10.6 Å². The molecule has 1 aromatic carbocycles. The molecule has 4 heteroatoms. The number of nitrogens with one attached hydrogen (secondary N) is 2. The van der Waals surface area contributed by atoms with Crippen LogP contribution in [0.3, 0.4) is 0 Å². The fourth-order valence-electron chi connectivity index (χ4n) is 2.94. The molecule has 1 aromatic rings. The Morgan fingerprint density at radius 1 is 1.22 bits per heavy atom. The number of hydrogen-bond acceptors (Lipinski definition) is 3. The van der Waals surface area contributed by atoms with E-state index in [0.29, 0.717) is 11.5 Å². The first kappa shape index (κ1) is 17.7. The fraction of sp³-hybridized carbons (Fsp3) is 0.579. The number of Topliss-reactive ketones (excluding diaryl/α,β-unsaturated/α-hetero) is 1. The van der Waals surface area contributed by atoms with Crippen LogP contribution in [0.25, 0.3) is 0 Å². The Labute approximate surface area is 139 Å². The average molecular weight is 316 g/mol. The van der Waals surface area contributed by atoms with Crippen molar-refractivity contribution in [3.05, 3.63) is 35.4 Å². The Kier molecular flexibility index (Phi) is 6.78. The van der Waals surface area contributed by atoms with Crippen LogP contribution in [0.1, 0.15) is 55.5 Å². The summed E-state index contributed by atoms with van der Waals surface area (Å²) >= 11 is 0. The third kappa shape index (κ3) is 6.14. The Hall–Kier alpha value is -1.68. The number of benzene rings is 1. The van der Waals surface area contributed by atoms with Crippen molar-refractivity contribution in [3.63, 3.8) is 0 Å². The maximum Gasteiger partial charge on any atom is 0.220 e. The lowest BCUT2D eigenvalue weighted by molar-refractivity contribution is -0.121. The highest BCUT2D eigenvalue weighted by atomic mass is 16.2. The van der Waals surface area contributed by atoms with Crippen LogP contribution < -0.4 is 10.6 Å². The molecule has 0 radical (unpaired) electrons. The zero-order valence-electron chi connectivity index (χ0n) is 14.2. The van der Waals surface area contributed by atoms with Crippen molar-refractivity contribution >= 4 is 11.7 Å². The summed E-state index contributed by atoms with van der Waals surface area (Å²) in [7, 11) is 0.